The number of urea groups is 1. The zero-order valence-electron chi connectivity index (χ0n) is 19.7. The molecule has 0 radical (unpaired) electrons. The number of hydrogen-bond donors (Lipinski definition) is 2. The van der Waals surface area contributed by atoms with Crippen LogP contribution in [0.5, 0.6) is 5.75 Å². The summed E-state index contributed by atoms with van der Waals surface area (Å²) < 4.78 is 6.03. The first-order valence-electron chi connectivity index (χ1n) is 11.1. The molecule has 4 aromatic rings. The molecule has 3 amide bonds. The van der Waals surface area contributed by atoms with Gasteiger partial charge in [-0.15, -0.1) is 0 Å². The number of rotatable bonds is 7. The molecule has 4 rings (SSSR count). The number of nitrogens with zero attached hydrogens (tertiary/aromatic N) is 2. The lowest BCUT2D eigenvalue weighted by Gasteiger charge is -2.19. The number of hydrogen-bond acceptors (Lipinski definition) is 4. The van der Waals surface area contributed by atoms with Crippen LogP contribution in [0.3, 0.4) is 0 Å². The number of para-hydroxylation sites is 2. The van der Waals surface area contributed by atoms with E-state index in [0.717, 1.165) is 16.6 Å². The maximum Gasteiger partial charge on any atom is 0.322 e. The van der Waals surface area contributed by atoms with Crippen molar-refractivity contribution < 1.29 is 14.3 Å². The van der Waals surface area contributed by atoms with Crippen LogP contribution in [0, 0.1) is 6.92 Å². The van der Waals surface area contributed by atoms with E-state index < -0.39 is 6.03 Å². The zero-order valence-corrected chi connectivity index (χ0v) is 21.2. The molecule has 9 heteroatoms. The smallest absolute Gasteiger partial charge is 0.322 e. The van der Waals surface area contributed by atoms with Crippen molar-refractivity contribution in [2.75, 3.05) is 24.2 Å². The van der Waals surface area contributed by atoms with Gasteiger partial charge in [-0.2, -0.15) is 0 Å². The Kier molecular flexibility index (Phi) is 7.93. The van der Waals surface area contributed by atoms with E-state index in [1.807, 2.05) is 55.5 Å². The predicted octanol–water partition coefficient (Wildman–Crippen LogP) is 6.53. The number of carbonyl (C=O) groups is 2. The molecule has 0 aliphatic heterocycles. The van der Waals surface area contributed by atoms with Gasteiger partial charge in [0, 0.05) is 34.4 Å². The summed E-state index contributed by atoms with van der Waals surface area (Å²) in [6, 6.07) is 21.4. The number of ether oxygens (including phenoxy) is 1. The first-order valence-corrected chi connectivity index (χ1v) is 11.9. The molecule has 0 spiro atoms. The fourth-order valence-electron chi connectivity index (χ4n) is 3.53. The van der Waals surface area contributed by atoms with E-state index in [1.54, 1.807) is 24.3 Å². The summed E-state index contributed by atoms with van der Waals surface area (Å²) in [5, 5.41) is 7.08. The van der Waals surface area contributed by atoms with Crippen molar-refractivity contribution in [1.82, 2.24) is 9.88 Å². The van der Waals surface area contributed by atoms with E-state index in [2.05, 4.69) is 15.6 Å². The van der Waals surface area contributed by atoms with Gasteiger partial charge in [0.25, 0.3) is 0 Å². The van der Waals surface area contributed by atoms with Crippen LogP contribution < -0.4 is 15.4 Å². The number of aryl methyl sites for hydroxylation is 1. The van der Waals surface area contributed by atoms with Crippen LogP contribution in [0.2, 0.25) is 10.0 Å². The molecule has 2 N–H and O–H groups in total. The van der Waals surface area contributed by atoms with Gasteiger partial charge < -0.3 is 20.3 Å². The van der Waals surface area contributed by atoms with E-state index in [9.17, 15) is 9.59 Å². The first kappa shape index (κ1) is 25.3. The molecular weight excluding hydrogens is 499 g/mol. The summed E-state index contributed by atoms with van der Waals surface area (Å²) in [5.74, 6) is 0.274. The number of pyridine rings is 1. The number of anilines is 2. The Hall–Kier alpha value is -3.81. The molecule has 0 fully saturated rings. The molecule has 3 aromatic carbocycles. The van der Waals surface area contributed by atoms with Crippen molar-refractivity contribution in [3.8, 4) is 5.75 Å². The quantitative estimate of drug-likeness (QED) is 0.289. The Labute approximate surface area is 219 Å². The number of likely N-dealkylation sites (N-methyl/N-ethyl adjacent to an activating group) is 1. The minimum absolute atomic E-state index is 0.0748. The summed E-state index contributed by atoms with van der Waals surface area (Å²) in [6.07, 6.45) is 0. The summed E-state index contributed by atoms with van der Waals surface area (Å²) in [5.41, 5.74) is 3.14. The second kappa shape index (κ2) is 11.3. The SMILES string of the molecule is Cc1ccc2cccc(OCc3c(Cl)ccc(NC(=O)N(C)CC(=O)Nc4ccccc4)c3Cl)c2n1. The van der Waals surface area contributed by atoms with Crippen LogP contribution in [0.4, 0.5) is 16.2 Å². The van der Waals surface area contributed by atoms with E-state index in [-0.39, 0.29) is 24.1 Å². The molecule has 1 heterocycles. The van der Waals surface area contributed by atoms with Crippen LogP contribution in [-0.2, 0) is 11.4 Å². The second-order valence-electron chi connectivity index (χ2n) is 8.16. The van der Waals surface area contributed by atoms with Gasteiger partial charge in [-0.25, -0.2) is 9.78 Å². The zero-order chi connectivity index (χ0) is 25.7. The van der Waals surface area contributed by atoms with Crippen molar-refractivity contribution >= 4 is 57.4 Å². The minimum Gasteiger partial charge on any atom is -0.487 e. The molecule has 0 unspecified atom stereocenters. The van der Waals surface area contributed by atoms with Gasteiger partial charge in [-0.05, 0) is 43.3 Å². The fourth-order valence-corrected chi connectivity index (χ4v) is 4.06. The van der Waals surface area contributed by atoms with Gasteiger partial charge in [0.1, 0.15) is 24.4 Å². The van der Waals surface area contributed by atoms with Crippen LogP contribution in [0.25, 0.3) is 10.9 Å². The molecule has 0 saturated carbocycles. The Morgan fingerprint density at radius 2 is 1.72 bits per heavy atom. The molecule has 7 nitrogen and oxygen atoms in total. The molecule has 36 heavy (non-hydrogen) atoms. The highest BCUT2D eigenvalue weighted by atomic mass is 35.5. The normalized spacial score (nSPS) is 10.7. The van der Waals surface area contributed by atoms with Gasteiger partial charge in [-0.3, -0.25) is 4.79 Å². The Balaban J connectivity index is 1.43. The van der Waals surface area contributed by atoms with Crippen LogP contribution in [0.1, 0.15) is 11.3 Å². The monoisotopic (exact) mass is 522 g/mol. The number of halogens is 2. The van der Waals surface area contributed by atoms with Crippen LogP contribution in [-0.4, -0.2) is 35.4 Å². The highest BCUT2D eigenvalue weighted by Crippen LogP contribution is 2.34. The van der Waals surface area contributed by atoms with Crippen molar-refractivity contribution in [3.63, 3.8) is 0 Å². The van der Waals surface area contributed by atoms with Crippen molar-refractivity contribution in [1.29, 1.82) is 0 Å². The van der Waals surface area contributed by atoms with Crippen LogP contribution in [0.15, 0.2) is 72.8 Å². The Morgan fingerprint density at radius 1 is 0.944 bits per heavy atom. The summed E-state index contributed by atoms with van der Waals surface area (Å²) in [7, 11) is 1.52. The molecule has 0 bridgehead atoms. The number of benzene rings is 3. The highest BCUT2D eigenvalue weighted by molar-refractivity contribution is 6.38. The molecule has 0 aliphatic carbocycles. The second-order valence-corrected chi connectivity index (χ2v) is 8.94. The molecule has 0 saturated heterocycles. The number of aromatic nitrogens is 1. The largest absolute Gasteiger partial charge is 0.487 e. The maximum absolute atomic E-state index is 12.7. The lowest BCUT2D eigenvalue weighted by atomic mass is 10.2. The molecule has 184 valence electrons. The maximum atomic E-state index is 12.7. The minimum atomic E-state index is -0.497. The third kappa shape index (κ3) is 6.05. The van der Waals surface area contributed by atoms with Gasteiger partial charge in [0.2, 0.25) is 5.91 Å². The lowest BCUT2D eigenvalue weighted by molar-refractivity contribution is -0.116. The lowest BCUT2D eigenvalue weighted by Crippen LogP contribution is -2.37. The summed E-state index contributed by atoms with van der Waals surface area (Å²) in [6.45, 7) is 1.85. The van der Waals surface area contributed by atoms with E-state index in [0.29, 0.717) is 27.7 Å². The summed E-state index contributed by atoms with van der Waals surface area (Å²) >= 11 is 13.0. The third-order valence-corrected chi connectivity index (χ3v) is 6.19. The number of fused-ring (bicyclic) bond motifs is 1. The number of amides is 3. The van der Waals surface area contributed by atoms with Gasteiger partial charge in [-0.1, -0.05) is 59.6 Å². The van der Waals surface area contributed by atoms with Gasteiger partial charge in [0.05, 0.1) is 10.7 Å². The third-order valence-electron chi connectivity index (χ3n) is 5.41. The van der Waals surface area contributed by atoms with Crippen LogP contribution >= 0.6 is 23.2 Å². The molecule has 1 aromatic heterocycles. The standard InChI is InChI=1S/C27H24Cl2N4O3/c1-17-11-12-18-7-6-10-23(26(18)30-17)36-16-20-21(28)13-14-22(25(20)29)32-27(35)33(2)15-24(34)31-19-8-4-3-5-9-19/h3-14H,15-16H2,1-2H3,(H,31,34)(H,32,35). The fraction of sp³-hybridized carbons (Fsp3) is 0.148. The highest BCUT2D eigenvalue weighted by Gasteiger charge is 2.18. The van der Waals surface area contributed by atoms with Crippen molar-refractivity contribution in [3.05, 3.63) is 94.1 Å². The first-order chi connectivity index (χ1) is 17.3. The number of nitrogens with one attached hydrogen (secondary N) is 2. The van der Waals surface area contributed by atoms with E-state index in [4.69, 9.17) is 27.9 Å². The Bertz CT molecular complexity index is 1410. The predicted molar refractivity (Wildman–Crippen MR) is 144 cm³/mol. The molecular formula is C27H24Cl2N4O3. The summed E-state index contributed by atoms with van der Waals surface area (Å²) in [4.78, 5) is 30.8. The Morgan fingerprint density at radius 3 is 2.50 bits per heavy atom. The van der Waals surface area contributed by atoms with E-state index >= 15 is 0 Å². The van der Waals surface area contributed by atoms with Gasteiger partial charge in [0.15, 0.2) is 0 Å². The molecule has 0 aliphatic rings. The van der Waals surface area contributed by atoms with Gasteiger partial charge >= 0.3 is 6.03 Å². The average molecular weight is 523 g/mol. The van der Waals surface area contributed by atoms with E-state index in [1.165, 1.54) is 11.9 Å². The van der Waals surface area contributed by atoms with Crippen molar-refractivity contribution in [2.45, 2.75) is 13.5 Å². The molecule has 0 atom stereocenters. The topological polar surface area (TPSA) is 83.6 Å². The van der Waals surface area contributed by atoms with Crippen molar-refractivity contribution in [2.24, 2.45) is 0 Å². The average Bonchev–Trinajstić information content (AvgIpc) is 2.86. The number of carbonyl (C=O) groups excluding carboxylic acids is 2.